The van der Waals surface area contributed by atoms with Gasteiger partial charge in [-0.1, -0.05) is 12.1 Å². The summed E-state index contributed by atoms with van der Waals surface area (Å²) in [6.07, 6.45) is -0.547. The maximum absolute atomic E-state index is 11.6. The van der Waals surface area contributed by atoms with Gasteiger partial charge in [-0.2, -0.15) is 0 Å². The Morgan fingerprint density at radius 1 is 1.16 bits per heavy atom. The van der Waals surface area contributed by atoms with Crippen molar-refractivity contribution in [2.24, 2.45) is 0 Å². The van der Waals surface area contributed by atoms with Gasteiger partial charge in [-0.05, 0) is 38.5 Å². The fraction of sp³-hybridized carbons (Fsp3) is 0.385. The first-order valence-corrected chi connectivity index (χ1v) is 5.88. The van der Waals surface area contributed by atoms with Crippen molar-refractivity contribution in [2.75, 3.05) is 5.73 Å². The summed E-state index contributed by atoms with van der Waals surface area (Å²) in [6.45, 7) is 5.22. The third-order valence-corrected chi connectivity index (χ3v) is 2.05. The van der Waals surface area contributed by atoms with Crippen LogP contribution in [0.2, 0.25) is 0 Å². The molecule has 0 aromatic heterocycles. The molecule has 0 aliphatic carbocycles. The van der Waals surface area contributed by atoms with E-state index in [4.69, 9.17) is 10.5 Å². The van der Waals surface area contributed by atoms with Crippen molar-refractivity contribution in [1.29, 1.82) is 0 Å². The van der Waals surface area contributed by atoms with Crippen molar-refractivity contribution in [1.82, 2.24) is 10.9 Å². The second-order valence-corrected chi connectivity index (χ2v) is 5.09. The van der Waals surface area contributed by atoms with E-state index in [0.29, 0.717) is 5.69 Å². The summed E-state index contributed by atoms with van der Waals surface area (Å²) in [6, 6.07) is 6.93. The Bertz CT molecular complexity index is 449. The van der Waals surface area contributed by atoms with Gasteiger partial charge in [0.25, 0.3) is 0 Å². The molecule has 0 unspecified atom stereocenters. The molecule has 2 amide bonds. The number of hydrogen-bond acceptors (Lipinski definition) is 4. The zero-order valence-corrected chi connectivity index (χ0v) is 11.3. The standard InChI is InChI=1S/C13H19N3O3/c1-13(2,3)19-12(18)16-15-11(17)8-9-4-6-10(14)7-5-9/h4-7H,8,14H2,1-3H3,(H,15,17)(H,16,18). The Balaban J connectivity index is 2.36. The van der Waals surface area contributed by atoms with Crippen molar-refractivity contribution in [3.05, 3.63) is 29.8 Å². The van der Waals surface area contributed by atoms with E-state index >= 15 is 0 Å². The Morgan fingerprint density at radius 2 is 1.74 bits per heavy atom. The lowest BCUT2D eigenvalue weighted by atomic mass is 10.1. The van der Waals surface area contributed by atoms with Crippen LogP contribution in [0.3, 0.4) is 0 Å². The van der Waals surface area contributed by atoms with Gasteiger partial charge in [-0.3, -0.25) is 10.2 Å². The summed E-state index contributed by atoms with van der Waals surface area (Å²) in [5.41, 5.74) is 10.8. The zero-order chi connectivity index (χ0) is 14.5. The normalized spacial score (nSPS) is 10.7. The lowest BCUT2D eigenvalue weighted by Crippen LogP contribution is -2.44. The highest BCUT2D eigenvalue weighted by molar-refractivity contribution is 5.81. The number of ether oxygens (including phenoxy) is 1. The first-order valence-electron chi connectivity index (χ1n) is 5.88. The van der Waals surface area contributed by atoms with Gasteiger partial charge in [0.05, 0.1) is 6.42 Å². The minimum Gasteiger partial charge on any atom is -0.443 e. The van der Waals surface area contributed by atoms with Gasteiger partial charge < -0.3 is 10.5 Å². The summed E-state index contributed by atoms with van der Waals surface area (Å²) < 4.78 is 4.97. The molecule has 6 heteroatoms. The lowest BCUT2D eigenvalue weighted by Gasteiger charge is -2.19. The number of anilines is 1. The molecule has 0 spiro atoms. The van der Waals surface area contributed by atoms with Crippen molar-refractivity contribution >= 4 is 17.7 Å². The molecule has 0 radical (unpaired) electrons. The topological polar surface area (TPSA) is 93.5 Å². The summed E-state index contributed by atoms with van der Waals surface area (Å²) in [5, 5.41) is 0. The summed E-state index contributed by atoms with van der Waals surface area (Å²) in [5.74, 6) is -0.337. The van der Waals surface area contributed by atoms with E-state index in [1.807, 2.05) is 0 Å². The maximum Gasteiger partial charge on any atom is 0.426 e. The Hall–Kier alpha value is -2.24. The van der Waals surface area contributed by atoms with Gasteiger partial charge in [0.2, 0.25) is 5.91 Å². The molecule has 0 aliphatic rings. The highest BCUT2D eigenvalue weighted by Crippen LogP contribution is 2.07. The van der Waals surface area contributed by atoms with Crippen LogP contribution in [0.15, 0.2) is 24.3 Å². The number of carbonyl (C=O) groups excluding carboxylic acids is 2. The molecule has 19 heavy (non-hydrogen) atoms. The van der Waals surface area contributed by atoms with Crippen LogP contribution < -0.4 is 16.6 Å². The molecule has 0 saturated heterocycles. The highest BCUT2D eigenvalue weighted by atomic mass is 16.6. The van der Waals surface area contributed by atoms with E-state index in [1.165, 1.54) is 0 Å². The molecule has 0 bridgehead atoms. The van der Waals surface area contributed by atoms with E-state index < -0.39 is 11.7 Å². The van der Waals surface area contributed by atoms with E-state index in [1.54, 1.807) is 45.0 Å². The molecule has 104 valence electrons. The van der Waals surface area contributed by atoms with Crippen LogP contribution >= 0.6 is 0 Å². The maximum atomic E-state index is 11.6. The predicted molar refractivity (Wildman–Crippen MR) is 72.1 cm³/mol. The van der Waals surface area contributed by atoms with Crippen LogP contribution in [0.25, 0.3) is 0 Å². The Morgan fingerprint density at radius 3 is 2.26 bits per heavy atom. The van der Waals surface area contributed by atoms with Crippen LogP contribution in [-0.2, 0) is 16.0 Å². The van der Waals surface area contributed by atoms with Crippen molar-refractivity contribution in [3.63, 3.8) is 0 Å². The van der Waals surface area contributed by atoms with Crippen LogP contribution in [-0.4, -0.2) is 17.6 Å². The van der Waals surface area contributed by atoms with Gasteiger partial charge in [0, 0.05) is 5.69 Å². The van der Waals surface area contributed by atoms with Gasteiger partial charge in [0.15, 0.2) is 0 Å². The summed E-state index contributed by atoms with van der Waals surface area (Å²) in [4.78, 5) is 22.9. The molecule has 1 aromatic carbocycles. The quantitative estimate of drug-likeness (QED) is 0.556. The van der Waals surface area contributed by atoms with Crippen LogP contribution in [0.5, 0.6) is 0 Å². The van der Waals surface area contributed by atoms with Crippen LogP contribution in [0, 0.1) is 0 Å². The smallest absolute Gasteiger partial charge is 0.426 e. The molecular formula is C13H19N3O3. The predicted octanol–water partition coefficient (Wildman–Crippen LogP) is 1.37. The highest BCUT2D eigenvalue weighted by Gasteiger charge is 2.16. The molecule has 0 fully saturated rings. The third kappa shape index (κ3) is 6.30. The molecule has 4 N–H and O–H groups in total. The monoisotopic (exact) mass is 265 g/mol. The van der Waals surface area contributed by atoms with Crippen molar-refractivity contribution < 1.29 is 14.3 Å². The molecule has 0 heterocycles. The molecule has 1 aromatic rings. The molecule has 0 saturated carbocycles. The van der Waals surface area contributed by atoms with Crippen molar-refractivity contribution in [2.45, 2.75) is 32.8 Å². The van der Waals surface area contributed by atoms with Crippen LogP contribution in [0.1, 0.15) is 26.3 Å². The Labute approximate surface area is 112 Å². The molecule has 0 atom stereocenters. The number of hydrazine groups is 1. The van der Waals surface area contributed by atoms with E-state index in [-0.39, 0.29) is 12.3 Å². The number of benzene rings is 1. The number of carbonyl (C=O) groups is 2. The number of amides is 2. The number of rotatable bonds is 2. The average Bonchev–Trinajstić information content (AvgIpc) is 2.27. The van der Waals surface area contributed by atoms with Crippen molar-refractivity contribution in [3.8, 4) is 0 Å². The summed E-state index contributed by atoms with van der Waals surface area (Å²) in [7, 11) is 0. The molecule has 0 aliphatic heterocycles. The largest absolute Gasteiger partial charge is 0.443 e. The van der Waals surface area contributed by atoms with E-state index in [2.05, 4.69) is 10.9 Å². The second-order valence-electron chi connectivity index (χ2n) is 5.09. The van der Waals surface area contributed by atoms with E-state index in [9.17, 15) is 9.59 Å². The van der Waals surface area contributed by atoms with Gasteiger partial charge in [0.1, 0.15) is 5.60 Å². The SMILES string of the molecule is CC(C)(C)OC(=O)NNC(=O)Cc1ccc(N)cc1. The Kier molecular flexibility index (Phi) is 4.74. The lowest BCUT2D eigenvalue weighted by molar-refractivity contribution is -0.121. The van der Waals surface area contributed by atoms with E-state index in [0.717, 1.165) is 5.56 Å². The summed E-state index contributed by atoms with van der Waals surface area (Å²) >= 11 is 0. The molecule has 6 nitrogen and oxygen atoms in total. The van der Waals surface area contributed by atoms with Gasteiger partial charge in [-0.15, -0.1) is 0 Å². The van der Waals surface area contributed by atoms with Crippen LogP contribution in [0.4, 0.5) is 10.5 Å². The number of nitrogens with two attached hydrogens (primary N) is 1. The average molecular weight is 265 g/mol. The molecular weight excluding hydrogens is 246 g/mol. The first kappa shape index (κ1) is 14.8. The fourth-order valence-electron chi connectivity index (χ4n) is 1.29. The minimum atomic E-state index is -0.696. The third-order valence-electron chi connectivity index (χ3n) is 2.05. The number of hydrogen-bond donors (Lipinski definition) is 3. The van der Waals surface area contributed by atoms with Gasteiger partial charge in [-0.25, -0.2) is 10.2 Å². The second kappa shape index (κ2) is 6.08. The fourth-order valence-corrected chi connectivity index (χ4v) is 1.29. The number of nitrogen functional groups attached to an aromatic ring is 1. The zero-order valence-electron chi connectivity index (χ0n) is 11.3. The first-order chi connectivity index (χ1) is 8.76. The van der Waals surface area contributed by atoms with Gasteiger partial charge >= 0.3 is 6.09 Å². The minimum absolute atomic E-state index is 0.149. The molecule has 1 rings (SSSR count). The number of nitrogens with one attached hydrogen (secondary N) is 2.